The molecular formula is C9H19NO4. The van der Waals surface area contributed by atoms with E-state index in [0.717, 1.165) is 0 Å². The summed E-state index contributed by atoms with van der Waals surface area (Å²) in [6.07, 6.45) is 0.496. The van der Waals surface area contributed by atoms with Crippen LogP contribution in [0.15, 0.2) is 0 Å². The third-order valence-electron chi connectivity index (χ3n) is 1.60. The molecule has 0 fully saturated rings. The number of esters is 1. The number of carbonyl (C=O) groups is 1. The smallest absolute Gasteiger partial charge is 0.302 e. The molecule has 14 heavy (non-hydrogen) atoms. The van der Waals surface area contributed by atoms with E-state index in [1.165, 1.54) is 6.92 Å². The summed E-state index contributed by atoms with van der Waals surface area (Å²) in [5, 5.41) is 8.59. The predicted molar refractivity (Wildman–Crippen MR) is 51.7 cm³/mol. The topological polar surface area (TPSA) is 81.8 Å². The molecule has 0 radical (unpaired) electrons. The second-order valence-corrected chi connectivity index (χ2v) is 3.23. The van der Waals surface area contributed by atoms with Crippen molar-refractivity contribution in [3.63, 3.8) is 0 Å². The zero-order valence-electron chi connectivity index (χ0n) is 8.73. The van der Waals surface area contributed by atoms with Gasteiger partial charge in [0.2, 0.25) is 0 Å². The van der Waals surface area contributed by atoms with Gasteiger partial charge in [0.25, 0.3) is 0 Å². The molecule has 0 bridgehead atoms. The first kappa shape index (κ1) is 13.4. The van der Waals surface area contributed by atoms with Gasteiger partial charge < -0.3 is 20.3 Å². The van der Waals surface area contributed by atoms with Crippen LogP contribution in [0, 0.1) is 0 Å². The molecule has 0 heterocycles. The van der Waals surface area contributed by atoms with E-state index < -0.39 is 0 Å². The van der Waals surface area contributed by atoms with E-state index in [-0.39, 0.29) is 24.7 Å². The maximum absolute atomic E-state index is 10.5. The molecule has 0 aromatic carbocycles. The minimum absolute atomic E-state index is 0.0838. The SMILES string of the molecule is CC(=O)OC(C)CCOCC(N)CO. The molecule has 5 heteroatoms. The molecule has 0 rings (SSSR count). The van der Waals surface area contributed by atoms with Crippen molar-refractivity contribution in [2.75, 3.05) is 19.8 Å². The van der Waals surface area contributed by atoms with Gasteiger partial charge in [-0.2, -0.15) is 0 Å². The highest BCUT2D eigenvalue weighted by Crippen LogP contribution is 1.98. The molecule has 0 aliphatic rings. The molecule has 3 N–H and O–H groups in total. The summed E-state index contributed by atoms with van der Waals surface area (Å²) in [4.78, 5) is 10.5. The third-order valence-corrected chi connectivity index (χ3v) is 1.60. The van der Waals surface area contributed by atoms with E-state index in [1.54, 1.807) is 6.92 Å². The molecule has 0 amide bonds. The van der Waals surface area contributed by atoms with E-state index in [2.05, 4.69) is 0 Å². The van der Waals surface area contributed by atoms with E-state index in [1.807, 2.05) is 0 Å². The van der Waals surface area contributed by atoms with Crippen LogP contribution < -0.4 is 5.73 Å². The van der Waals surface area contributed by atoms with Gasteiger partial charge in [-0.3, -0.25) is 4.79 Å². The van der Waals surface area contributed by atoms with Crippen molar-refractivity contribution >= 4 is 5.97 Å². The Morgan fingerprint density at radius 3 is 2.71 bits per heavy atom. The number of hydrogen-bond donors (Lipinski definition) is 2. The number of aliphatic hydroxyl groups excluding tert-OH is 1. The lowest BCUT2D eigenvalue weighted by Crippen LogP contribution is -2.30. The van der Waals surface area contributed by atoms with Crippen molar-refractivity contribution in [3.8, 4) is 0 Å². The molecule has 2 atom stereocenters. The van der Waals surface area contributed by atoms with Gasteiger partial charge in [-0.15, -0.1) is 0 Å². The first-order valence-corrected chi connectivity index (χ1v) is 4.67. The average Bonchev–Trinajstić information content (AvgIpc) is 2.10. The molecule has 84 valence electrons. The Balaban J connectivity index is 3.31. The molecule has 0 spiro atoms. The van der Waals surface area contributed by atoms with Crippen molar-refractivity contribution in [2.24, 2.45) is 5.73 Å². The van der Waals surface area contributed by atoms with Gasteiger partial charge in [-0.05, 0) is 6.92 Å². The van der Waals surface area contributed by atoms with Gasteiger partial charge in [-0.25, -0.2) is 0 Å². The van der Waals surface area contributed by atoms with Gasteiger partial charge in [0.1, 0.15) is 6.10 Å². The van der Waals surface area contributed by atoms with Crippen molar-refractivity contribution in [2.45, 2.75) is 32.4 Å². The van der Waals surface area contributed by atoms with Gasteiger partial charge in [0.15, 0.2) is 0 Å². The van der Waals surface area contributed by atoms with Crippen molar-refractivity contribution in [3.05, 3.63) is 0 Å². The Bertz CT molecular complexity index is 163. The minimum atomic E-state index is -0.334. The van der Waals surface area contributed by atoms with Gasteiger partial charge in [0.05, 0.1) is 25.9 Å². The fourth-order valence-corrected chi connectivity index (χ4v) is 0.879. The van der Waals surface area contributed by atoms with Crippen LogP contribution in [-0.2, 0) is 14.3 Å². The maximum atomic E-state index is 10.5. The first-order valence-electron chi connectivity index (χ1n) is 4.67. The fourth-order valence-electron chi connectivity index (χ4n) is 0.879. The molecule has 0 aromatic rings. The Hall–Kier alpha value is -0.650. The van der Waals surface area contributed by atoms with Crippen molar-refractivity contribution < 1.29 is 19.4 Å². The van der Waals surface area contributed by atoms with Gasteiger partial charge >= 0.3 is 5.97 Å². The Kier molecular flexibility index (Phi) is 7.37. The lowest BCUT2D eigenvalue weighted by molar-refractivity contribution is -0.146. The lowest BCUT2D eigenvalue weighted by atomic mass is 10.3. The summed E-state index contributed by atoms with van der Waals surface area (Å²) < 4.78 is 10.0. The maximum Gasteiger partial charge on any atom is 0.302 e. The van der Waals surface area contributed by atoms with Crippen LogP contribution in [0.25, 0.3) is 0 Å². The van der Waals surface area contributed by atoms with E-state index in [9.17, 15) is 4.79 Å². The number of nitrogens with two attached hydrogens (primary N) is 1. The van der Waals surface area contributed by atoms with E-state index >= 15 is 0 Å². The summed E-state index contributed by atoms with van der Waals surface area (Å²) in [7, 11) is 0. The molecule has 0 aliphatic heterocycles. The number of hydrogen-bond acceptors (Lipinski definition) is 5. The fraction of sp³-hybridized carbons (Fsp3) is 0.889. The zero-order chi connectivity index (χ0) is 11.0. The molecule has 0 saturated heterocycles. The molecule has 5 nitrogen and oxygen atoms in total. The number of rotatable bonds is 7. The second-order valence-electron chi connectivity index (χ2n) is 3.23. The van der Waals surface area contributed by atoms with Gasteiger partial charge in [-0.1, -0.05) is 0 Å². The standard InChI is InChI=1S/C9H19NO4/c1-7(14-8(2)12)3-4-13-6-9(10)5-11/h7,9,11H,3-6,10H2,1-2H3. The first-order chi connectivity index (χ1) is 6.56. The van der Waals surface area contributed by atoms with E-state index in [0.29, 0.717) is 19.6 Å². The van der Waals surface area contributed by atoms with Crippen LogP contribution in [0.4, 0.5) is 0 Å². The van der Waals surface area contributed by atoms with Crippen molar-refractivity contribution in [1.29, 1.82) is 0 Å². The van der Waals surface area contributed by atoms with Crippen LogP contribution in [0.2, 0.25) is 0 Å². The average molecular weight is 205 g/mol. The van der Waals surface area contributed by atoms with Gasteiger partial charge in [0, 0.05) is 13.3 Å². The Morgan fingerprint density at radius 1 is 1.57 bits per heavy atom. The van der Waals surface area contributed by atoms with Crippen LogP contribution in [0.1, 0.15) is 20.3 Å². The monoisotopic (exact) mass is 205 g/mol. The predicted octanol–water partition coefficient (Wildman–Crippen LogP) is -0.336. The summed E-state index contributed by atoms with van der Waals surface area (Å²) in [5.74, 6) is -0.287. The third kappa shape index (κ3) is 7.97. The normalized spacial score (nSPS) is 14.9. The zero-order valence-corrected chi connectivity index (χ0v) is 8.73. The molecule has 0 aliphatic carbocycles. The van der Waals surface area contributed by atoms with Crippen LogP contribution in [0.5, 0.6) is 0 Å². The highest BCUT2D eigenvalue weighted by atomic mass is 16.5. The number of carbonyl (C=O) groups excluding carboxylic acids is 1. The highest BCUT2D eigenvalue weighted by Gasteiger charge is 2.05. The number of ether oxygens (including phenoxy) is 2. The Labute approximate surface area is 84.2 Å². The molecule has 0 aromatic heterocycles. The lowest BCUT2D eigenvalue weighted by Gasteiger charge is -2.13. The summed E-state index contributed by atoms with van der Waals surface area (Å²) in [5.41, 5.74) is 5.41. The summed E-state index contributed by atoms with van der Waals surface area (Å²) in [6.45, 7) is 3.89. The number of aliphatic hydroxyl groups is 1. The largest absolute Gasteiger partial charge is 0.463 e. The van der Waals surface area contributed by atoms with E-state index in [4.69, 9.17) is 20.3 Å². The second kappa shape index (κ2) is 7.73. The molecule has 0 saturated carbocycles. The quantitative estimate of drug-likeness (QED) is 0.439. The summed E-state index contributed by atoms with van der Waals surface area (Å²) >= 11 is 0. The Morgan fingerprint density at radius 2 is 2.21 bits per heavy atom. The van der Waals surface area contributed by atoms with Crippen LogP contribution >= 0.6 is 0 Å². The van der Waals surface area contributed by atoms with Crippen LogP contribution in [-0.4, -0.2) is 43.0 Å². The van der Waals surface area contributed by atoms with Crippen molar-refractivity contribution in [1.82, 2.24) is 0 Å². The molecule has 2 unspecified atom stereocenters. The highest BCUT2D eigenvalue weighted by molar-refractivity contribution is 5.66. The van der Waals surface area contributed by atoms with Crippen LogP contribution in [0.3, 0.4) is 0 Å². The molecular weight excluding hydrogens is 186 g/mol. The summed E-state index contributed by atoms with van der Waals surface area (Å²) in [6, 6.07) is -0.334. The minimum Gasteiger partial charge on any atom is -0.463 e.